The van der Waals surface area contributed by atoms with Crippen molar-refractivity contribution in [1.82, 2.24) is 4.98 Å². The van der Waals surface area contributed by atoms with Gasteiger partial charge in [0.25, 0.3) is 0 Å². The van der Waals surface area contributed by atoms with Crippen molar-refractivity contribution in [2.45, 2.75) is 18.4 Å². The van der Waals surface area contributed by atoms with Gasteiger partial charge in [-0.05, 0) is 25.0 Å². The van der Waals surface area contributed by atoms with Gasteiger partial charge in [0.15, 0.2) is 0 Å². The van der Waals surface area contributed by atoms with Crippen LogP contribution in [-0.2, 0) is 9.53 Å². The van der Waals surface area contributed by atoms with Gasteiger partial charge in [-0.15, -0.1) is 24.8 Å². The van der Waals surface area contributed by atoms with Crippen LogP contribution >= 0.6 is 24.8 Å². The number of hydrogen-bond donors (Lipinski definition) is 2. The number of carbonyl (C=O) groups excluding carboxylic acids is 1. The number of ether oxygens (including phenoxy) is 1. The maximum absolute atomic E-state index is 11.8. The van der Waals surface area contributed by atoms with E-state index in [0.29, 0.717) is 5.82 Å². The molecule has 0 spiro atoms. The fourth-order valence-corrected chi connectivity index (χ4v) is 2.07. The zero-order valence-corrected chi connectivity index (χ0v) is 13.2. The van der Waals surface area contributed by atoms with Crippen molar-refractivity contribution >= 4 is 42.2 Å². The van der Waals surface area contributed by atoms with Crippen molar-refractivity contribution in [3.63, 3.8) is 0 Å². The van der Waals surface area contributed by atoms with Crippen LogP contribution in [0.5, 0.6) is 0 Å². The predicted octanol–water partition coefficient (Wildman–Crippen LogP) is 1.19. The second-order valence-electron chi connectivity index (χ2n) is 5.11. The van der Waals surface area contributed by atoms with Gasteiger partial charge in [0.2, 0.25) is 5.91 Å². The minimum atomic E-state index is -0.662. The summed E-state index contributed by atoms with van der Waals surface area (Å²) < 4.78 is 5.31. The lowest BCUT2D eigenvalue weighted by atomic mass is 10.2. The maximum Gasteiger partial charge on any atom is 0.245 e. The van der Waals surface area contributed by atoms with Gasteiger partial charge >= 0.3 is 0 Å². The third-order valence-electron chi connectivity index (χ3n) is 3.61. The van der Waals surface area contributed by atoms with E-state index in [1.807, 2.05) is 12.1 Å². The van der Waals surface area contributed by atoms with Gasteiger partial charge in [-0.3, -0.25) is 4.79 Å². The molecule has 2 heterocycles. The normalized spacial score (nSPS) is 19.0. The Hall–Kier alpha value is -1.08. The van der Waals surface area contributed by atoms with Crippen LogP contribution in [0.3, 0.4) is 0 Å². The maximum atomic E-state index is 11.8. The van der Waals surface area contributed by atoms with Gasteiger partial charge in [0.1, 0.15) is 5.82 Å². The molecule has 2 fully saturated rings. The number of anilines is 2. The molecule has 1 aliphatic heterocycles. The van der Waals surface area contributed by atoms with Crippen molar-refractivity contribution in [3.8, 4) is 0 Å². The third kappa shape index (κ3) is 4.20. The summed E-state index contributed by atoms with van der Waals surface area (Å²) in [5, 5.41) is 2.76. The smallest absolute Gasteiger partial charge is 0.245 e. The number of pyridine rings is 1. The molecule has 1 aromatic rings. The predicted molar refractivity (Wildman–Crippen MR) is 86.5 cm³/mol. The Labute approximate surface area is 136 Å². The summed E-state index contributed by atoms with van der Waals surface area (Å²) in [5.74, 6) is 0.415. The largest absolute Gasteiger partial charge is 0.378 e. The number of nitrogens with zero attached hydrogens (tertiary/aromatic N) is 2. The second-order valence-corrected chi connectivity index (χ2v) is 5.11. The first-order valence-electron chi connectivity index (χ1n) is 6.56. The highest BCUT2D eigenvalue weighted by Crippen LogP contribution is 2.33. The summed E-state index contributed by atoms with van der Waals surface area (Å²) in [4.78, 5) is 18.3. The standard InChI is InChI=1S/C13H18N4O2.2ClH/c14-13(3-4-13)12(18)16-11-2-1-10(9-15-11)17-5-7-19-8-6-17;;/h1-2,9H,3-8,14H2,(H,15,16,18);2*1H. The average molecular weight is 335 g/mol. The number of hydrogen-bond acceptors (Lipinski definition) is 5. The Morgan fingerprint density at radius 1 is 1.29 bits per heavy atom. The van der Waals surface area contributed by atoms with Gasteiger partial charge < -0.3 is 20.7 Å². The van der Waals surface area contributed by atoms with Gasteiger partial charge in [-0.2, -0.15) is 0 Å². The molecule has 0 aromatic carbocycles. The topological polar surface area (TPSA) is 80.5 Å². The summed E-state index contributed by atoms with van der Waals surface area (Å²) >= 11 is 0. The van der Waals surface area contributed by atoms with Crippen molar-refractivity contribution in [2.75, 3.05) is 36.5 Å². The Morgan fingerprint density at radius 3 is 2.48 bits per heavy atom. The molecule has 0 unspecified atom stereocenters. The average Bonchev–Trinajstić information content (AvgIpc) is 3.20. The number of halogens is 2. The summed E-state index contributed by atoms with van der Waals surface area (Å²) in [5.41, 5.74) is 6.21. The minimum absolute atomic E-state index is 0. The molecule has 1 saturated carbocycles. The van der Waals surface area contributed by atoms with Crippen molar-refractivity contribution in [2.24, 2.45) is 5.73 Å². The first kappa shape index (κ1) is 18.0. The highest BCUT2D eigenvalue weighted by atomic mass is 35.5. The number of carbonyl (C=O) groups is 1. The fraction of sp³-hybridized carbons (Fsp3) is 0.538. The highest BCUT2D eigenvalue weighted by molar-refractivity contribution is 5.99. The van der Waals surface area contributed by atoms with E-state index >= 15 is 0 Å². The molecule has 6 nitrogen and oxygen atoms in total. The summed E-state index contributed by atoms with van der Waals surface area (Å²) in [7, 11) is 0. The molecule has 1 amide bonds. The van der Waals surface area contributed by atoms with Crippen LogP contribution in [0, 0.1) is 0 Å². The fourth-order valence-electron chi connectivity index (χ4n) is 2.07. The van der Waals surface area contributed by atoms with E-state index in [4.69, 9.17) is 10.5 Å². The molecule has 3 N–H and O–H groups in total. The number of amides is 1. The van der Waals surface area contributed by atoms with E-state index in [9.17, 15) is 4.79 Å². The molecule has 0 radical (unpaired) electrons. The molecular weight excluding hydrogens is 315 g/mol. The molecular formula is C13H20Cl2N4O2. The molecule has 3 rings (SSSR count). The third-order valence-corrected chi connectivity index (χ3v) is 3.61. The number of nitrogens with two attached hydrogens (primary N) is 1. The molecule has 0 atom stereocenters. The zero-order chi connectivity index (χ0) is 13.3. The van der Waals surface area contributed by atoms with Gasteiger partial charge in [-0.25, -0.2) is 4.98 Å². The first-order chi connectivity index (χ1) is 9.17. The van der Waals surface area contributed by atoms with Crippen LogP contribution < -0.4 is 16.0 Å². The van der Waals surface area contributed by atoms with E-state index in [-0.39, 0.29) is 30.7 Å². The molecule has 1 aromatic heterocycles. The second kappa shape index (κ2) is 7.26. The summed E-state index contributed by atoms with van der Waals surface area (Å²) in [6.07, 6.45) is 3.28. The van der Waals surface area contributed by atoms with Crippen molar-refractivity contribution in [1.29, 1.82) is 0 Å². The van der Waals surface area contributed by atoms with Gasteiger partial charge in [0, 0.05) is 13.1 Å². The van der Waals surface area contributed by atoms with E-state index < -0.39 is 5.54 Å². The summed E-state index contributed by atoms with van der Waals surface area (Å²) in [6, 6.07) is 3.78. The molecule has 1 aliphatic carbocycles. The minimum Gasteiger partial charge on any atom is -0.378 e. The van der Waals surface area contributed by atoms with Crippen LogP contribution in [0.15, 0.2) is 18.3 Å². The van der Waals surface area contributed by atoms with Crippen LogP contribution in [0.4, 0.5) is 11.5 Å². The molecule has 2 aliphatic rings. The number of nitrogens with one attached hydrogen (secondary N) is 1. The molecule has 118 valence electrons. The van der Waals surface area contributed by atoms with Crippen LogP contribution in [-0.4, -0.2) is 42.7 Å². The quantitative estimate of drug-likeness (QED) is 0.867. The Balaban J connectivity index is 0.00000110. The molecule has 21 heavy (non-hydrogen) atoms. The van der Waals surface area contributed by atoms with Gasteiger partial charge in [-0.1, -0.05) is 0 Å². The number of morpholine rings is 1. The van der Waals surface area contributed by atoms with Crippen LogP contribution in [0.1, 0.15) is 12.8 Å². The Kier molecular flexibility index (Phi) is 6.22. The number of aromatic nitrogens is 1. The van der Waals surface area contributed by atoms with Crippen molar-refractivity contribution in [3.05, 3.63) is 18.3 Å². The molecule has 1 saturated heterocycles. The number of rotatable bonds is 3. The lowest BCUT2D eigenvalue weighted by molar-refractivity contribution is -0.118. The summed E-state index contributed by atoms with van der Waals surface area (Å²) in [6.45, 7) is 3.24. The van der Waals surface area contributed by atoms with E-state index in [1.165, 1.54) is 0 Å². The molecule has 8 heteroatoms. The monoisotopic (exact) mass is 334 g/mol. The Morgan fingerprint density at radius 2 is 1.95 bits per heavy atom. The van der Waals surface area contributed by atoms with E-state index in [2.05, 4.69) is 15.2 Å². The SMILES string of the molecule is Cl.Cl.NC1(C(=O)Nc2ccc(N3CCOCC3)cn2)CC1. The first-order valence-corrected chi connectivity index (χ1v) is 6.56. The van der Waals surface area contributed by atoms with Crippen LogP contribution in [0.25, 0.3) is 0 Å². The lowest BCUT2D eigenvalue weighted by Gasteiger charge is -2.28. The van der Waals surface area contributed by atoms with Crippen LogP contribution in [0.2, 0.25) is 0 Å². The van der Waals surface area contributed by atoms with Crippen molar-refractivity contribution < 1.29 is 9.53 Å². The lowest BCUT2D eigenvalue weighted by Crippen LogP contribution is -2.38. The zero-order valence-electron chi connectivity index (χ0n) is 11.6. The van der Waals surface area contributed by atoms with E-state index in [1.54, 1.807) is 6.20 Å². The molecule has 0 bridgehead atoms. The highest BCUT2D eigenvalue weighted by Gasteiger charge is 2.46. The van der Waals surface area contributed by atoms with Gasteiger partial charge in [0.05, 0.1) is 30.6 Å². The van der Waals surface area contributed by atoms with E-state index in [0.717, 1.165) is 44.8 Å². The Bertz CT molecular complexity index is 474.